The summed E-state index contributed by atoms with van der Waals surface area (Å²) in [7, 11) is 1.30. The van der Waals surface area contributed by atoms with Crippen LogP contribution in [0.5, 0.6) is 0 Å². The summed E-state index contributed by atoms with van der Waals surface area (Å²) in [6.07, 6.45) is 1.26. The standard InChI is InChI=1S/C20H16Cl2FN3O3/c1-29-20(28)15-6-3-7-26(15)19(27)10-8-12(22)17-14(9-10)24-18(25-17)16-11(21)4-2-5-13(16)23/h2,4-5,8-9,15H,3,6-7H2,1H3,(H,24,25). The summed E-state index contributed by atoms with van der Waals surface area (Å²) in [5, 5.41) is 0.434. The number of carbonyl (C=O) groups excluding carboxylic acids is 2. The number of amides is 1. The van der Waals surface area contributed by atoms with Gasteiger partial charge in [0.1, 0.15) is 23.2 Å². The normalized spacial score (nSPS) is 16.4. The first kappa shape index (κ1) is 19.7. The molecule has 1 aliphatic heterocycles. The number of methoxy groups -OCH3 is 1. The van der Waals surface area contributed by atoms with Crippen LogP contribution in [0.2, 0.25) is 10.0 Å². The number of ether oxygens (including phenoxy) is 1. The molecule has 0 spiro atoms. The van der Waals surface area contributed by atoms with E-state index in [2.05, 4.69) is 9.97 Å². The number of esters is 1. The van der Waals surface area contributed by atoms with Gasteiger partial charge in [-0.3, -0.25) is 4.79 Å². The van der Waals surface area contributed by atoms with E-state index in [0.29, 0.717) is 36.0 Å². The van der Waals surface area contributed by atoms with Crippen LogP contribution in [0.1, 0.15) is 23.2 Å². The van der Waals surface area contributed by atoms with Crippen LogP contribution in [0, 0.1) is 5.82 Å². The molecule has 1 saturated heterocycles. The first-order chi connectivity index (χ1) is 13.9. The van der Waals surface area contributed by atoms with Gasteiger partial charge in [-0.05, 0) is 37.1 Å². The molecule has 0 bridgehead atoms. The van der Waals surface area contributed by atoms with Crippen molar-refractivity contribution in [3.8, 4) is 11.4 Å². The van der Waals surface area contributed by atoms with Crippen molar-refractivity contribution in [2.45, 2.75) is 18.9 Å². The van der Waals surface area contributed by atoms with Crippen LogP contribution >= 0.6 is 23.2 Å². The maximum absolute atomic E-state index is 14.2. The Morgan fingerprint density at radius 2 is 2.07 bits per heavy atom. The Kier molecular flexibility index (Phi) is 5.19. The number of aromatic nitrogens is 2. The molecule has 0 radical (unpaired) electrons. The molecule has 9 heteroatoms. The van der Waals surface area contributed by atoms with Gasteiger partial charge < -0.3 is 14.6 Å². The number of imidazole rings is 1. The first-order valence-corrected chi connectivity index (χ1v) is 9.68. The summed E-state index contributed by atoms with van der Waals surface area (Å²) in [6, 6.07) is 6.81. The van der Waals surface area contributed by atoms with Gasteiger partial charge in [-0.1, -0.05) is 29.3 Å². The smallest absolute Gasteiger partial charge is 0.328 e. The predicted octanol–water partition coefficient (Wildman–Crippen LogP) is 4.45. The number of carbonyl (C=O) groups is 2. The second-order valence-corrected chi connectivity index (χ2v) is 7.53. The van der Waals surface area contributed by atoms with Crippen LogP contribution < -0.4 is 0 Å². The van der Waals surface area contributed by atoms with Crippen LogP contribution in [0.15, 0.2) is 30.3 Å². The monoisotopic (exact) mass is 435 g/mol. The zero-order valence-corrected chi connectivity index (χ0v) is 16.9. The summed E-state index contributed by atoms with van der Waals surface area (Å²) >= 11 is 12.5. The first-order valence-electron chi connectivity index (χ1n) is 8.93. The van der Waals surface area contributed by atoms with Crippen LogP contribution in [-0.2, 0) is 9.53 Å². The highest BCUT2D eigenvalue weighted by molar-refractivity contribution is 6.35. The molecule has 2 heterocycles. The quantitative estimate of drug-likeness (QED) is 0.616. The number of benzene rings is 2. The van der Waals surface area contributed by atoms with Crippen molar-refractivity contribution in [3.63, 3.8) is 0 Å². The summed E-state index contributed by atoms with van der Waals surface area (Å²) in [6.45, 7) is 0.452. The van der Waals surface area contributed by atoms with Gasteiger partial charge in [0, 0.05) is 12.1 Å². The van der Waals surface area contributed by atoms with Crippen LogP contribution in [-0.4, -0.2) is 46.4 Å². The van der Waals surface area contributed by atoms with Gasteiger partial charge in [-0.25, -0.2) is 14.2 Å². The van der Waals surface area contributed by atoms with Crippen LogP contribution in [0.3, 0.4) is 0 Å². The number of hydrogen-bond acceptors (Lipinski definition) is 4. The van der Waals surface area contributed by atoms with Crippen molar-refractivity contribution >= 4 is 46.1 Å². The molecule has 6 nitrogen and oxygen atoms in total. The number of rotatable bonds is 3. The number of nitrogens with one attached hydrogen (secondary N) is 1. The Bertz CT molecular complexity index is 1110. The molecular formula is C20H16Cl2FN3O3. The van der Waals surface area contributed by atoms with E-state index in [4.69, 9.17) is 27.9 Å². The third-order valence-corrected chi connectivity index (χ3v) is 5.58. The zero-order chi connectivity index (χ0) is 20.7. The van der Waals surface area contributed by atoms with Gasteiger partial charge in [0.2, 0.25) is 0 Å². The summed E-state index contributed by atoms with van der Waals surface area (Å²) < 4.78 is 19.0. The van der Waals surface area contributed by atoms with Crippen LogP contribution in [0.25, 0.3) is 22.4 Å². The Morgan fingerprint density at radius 1 is 1.28 bits per heavy atom. The number of H-pyrrole nitrogens is 1. The molecule has 0 aliphatic carbocycles. The second kappa shape index (κ2) is 7.65. The van der Waals surface area contributed by atoms with Crippen LogP contribution in [0.4, 0.5) is 4.39 Å². The number of likely N-dealkylation sites (tertiary alicyclic amines) is 1. The van der Waals surface area contributed by atoms with Crippen molar-refractivity contribution in [2.24, 2.45) is 0 Å². The molecule has 1 atom stereocenters. The van der Waals surface area contributed by atoms with E-state index in [9.17, 15) is 14.0 Å². The molecule has 1 N–H and O–H groups in total. The topological polar surface area (TPSA) is 75.3 Å². The Morgan fingerprint density at radius 3 is 2.79 bits per heavy atom. The van der Waals surface area contributed by atoms with E-state index in [1.807, 2.05) is 0 Å². The molecule has 1 amide bonds. The number of fused-ring (bicyclic) bond motifs is 1. The average Bonchev–Trinajstić information content (AvgIpc) is 3.34. The molecule has 1 aliphatic rings. The number of hydrogen-bond donors (Lipinski definition) is 1. The lowest BCUT2D eigenvalue weighted by Crippen LogP contribution is -2.41. The highest BCUT2D eigenvalue weighted by Gasteiger charge is 2.35. The Labute approximate surface area is 175 Å². The number of nitrogens with zero attached hydrogens (tertiary/aromatic N) is 2. The van der Waals surface area contributed by atoms with Gasteiger partial charge in [0.15, 0.2) is 0 Å². The van der Waals surface area contributed by atoms with Gasteiger partial charge in [-0.15, -0.1) is 0 Å². The fraction of sp³-hybridized carbons (Fsp3) is 0.250. The molecule has 3 aromatic rings. The molecule has 2 aromatic carbocycles. The SMILES string of the molecule is COC(=O)C1CCCN1C(=O)c1cc(Cl)c2nc(-c3c(F)cccc3Cl)[nH]c2c1. The molecule has 1 unspecified atom stereocenters. The Balaban J connectivity index is 1.74. The Hall–Kier alpha value is -2.64. The summed E-state index contributed by atoms with van der Waals surface area (Å²) in [4.78, 5) is 33.8. The van der Waals surface area contributed by atoms with Crippen molar-refractivity contribution in [1.29, 1.82) is 0 Å². The second-order valence-electron chi connectivity index (χ2n) is 6.72. The minimum absolute atomic E-state index is 0.125. The molecule has 29 heavy (non-hydrogen) atoms. The summed E-state index contributed by atoms with van der Waals surface area (Å²) in [5.41, 5.74) is 1.28. The van der Waals surface area contributed by atoms with Gasteiger partial charge in [0.25, 0.3) is 5.91 Å². The van der Waals surface area contributed by atoms with E-state index in [1.165, 1.54) is 30.2 Å². The van der Waals surface area contributed by atoms with E-state index in [1.54, 1.807) is 12.1 Å². The number of aromatic amines is 1. The molecular weight excluding hydrogens is 420 g/mol. The maximum atomic E-state index is 14.2. The van der Waals surface area contributed by atoms with Crippen molar-refractivity contribution in [1.82, 2.24) is 14.9 Å². The van der Waals surface area contributed by atoms with Gasteiger partial charge >= 0.3 is 5.97 Å². The third-order valence-electron chi connectivity index (χ3n) is 4.97. The molecule has 1 aromatic heterocycles. The maximum Gasteiger partial charge on any atom is 0.328 e. The van der Waals surface area contributed by atoms with E-state index in [0.717, 1.165) is 0 Å². The zero-order valence-electron chi connectivity index (χ0n) is 15.3. The summed E-state index contributed by atoms with van der Waals surface area (Å²) in [5.74, 6) is -1.09. The predicted molar refractivity (Wildman–Crippen MR) is 108 cm³/mol. The highest BCUT2D eigenvalue weighted by Crippen LogP contribution is 2.33. The largest absolute Gasteiger partial charge is 0.467 e. The van der Waals surface area contributed by atoms with Gasteiger partial charge in [-0.2, -0.15) is 0 Å². The number of halogens is 3. The lowest BCUT2D eigenvalue weighted by Gasteiger charge is -2.22. The fourth-order valence-corrected chi connectivity index (χ4v) is 4.11. The minimum Gasteiger partial charge on any atom is -0.467 e. The van der Waals surface area contributed by atoms with Crippen molar-refractivity contribution in [3.05, 3.63) is 51.8 Å². The van der Waals surface area contributed by atoms with Gasteiger partial charge in [0.05, 0.1) is 28.2 Å². The fourth-order valence-electron chi connectivity index (χ4n) is 3.60. The molecule has 4 rings (SSSR count). The molecule has 0 saturated carbocycles. The van der Waals surface area contributed by atoms with Crippen molar-refractivity contribution < 1.29 is 18.7 Å². The van der Waals surface area contributed by atoms with E-state index in [-0.39, 0.29) is 27.3 Å². The van der Waals surface area contributed by atoms with E-state index >= 15 is 0 Å². The lowest BCUT2D eigenvalue weighted by atomic mass is 10.1. The van der Waals surface area contributed by atoms with E-state index < -0.39 is 17.8 Å². The molecule has 1 fully saturated rings. The lowest BCUT2D eigenvalue weighted by molar-refractivity contribution is -0.145. The third kappa shape index (κ3) is 3.45. The minimum atomic E-state index is -0.614. The molecule has 150 valence electrons. The average molecular weight is 436 g/mol. The highest BCUT2D eigenvalue weighted by atomic mass is 35.5. The van der Waals surface area contributed by atoms with Crippen molar-refractivity contribution in [2.75, 3.05) is 13.7 Å².